The summed E-state index contributed by atoms with van der Waals surface area (Å²) in [6, 6.07) is 8.67. The second-order valence-electron chi connectivity index (χ2n) is 7.73. The van der Waals surface area contributed by atoms with Crippen LogP contribution in [0.3, 0.4) is 0 Å². The van der Waals surface area contributed by atoms with Crippen LogP contribution in [-0.4, -0.2) is 38.3 Å². The molecule has 1 saturated heterocycles. The average Bonchev–Trinajstić information content (AvgIpc) is 3.39. The number of carbonyl (C=O) groups is 1. The number of urea groups is 1. The first-order chi connectivity index (χ1) is 13.3. The Labute approximate surface area is 161 Å². The minimum Gasteiger partial charge on any atom is -0.322 e. The van der Waals surface area contributed by atoms with E-state index in [1.165, 1.54) is 19.3 Å². The summed E-state index contributed by atoms with van der Waals surface area (Å²) in [6.45, 7) is 0.830. The first-order valence-corrected chi connectivity index (χ1v) is 10.3. The lowest BCUT2D eigenvalue weighted by Crippen LogP contribution is -2.46. The van der Waals surface area contributed by atoms with Crippen LogP contribution in [0.2, 0.25) is 0 Å². The number of hydrogen-bond acceptors (Lipinski definition) is 3. The van der Waals surface area contributed by atoms with Gasteiger partial charge in [0.25, 0.3) is 0 Å². The predicted molar refractivity (Wildman–Crippen MR) is 106 cm³/mol. The van der Waals surface area contributed by atoms with Crippen LogP contribution in [0.15, 0.2) is 36.7 Å². The highest BCUT2D eigenvalue weighted by molar-refractivity contribution is 5.88. The van der Waals surface area contributed by atoms with Gasteiger partial charge in [0, 0.05) is 30.5 Å². The van der Waals surface area contributed by atoms with E-state index in [9.17, 15) is 4.79 Å². The highest BCUT2D eigenvalue weighted by Crippen LogP contribution is 2.31. The molecule has 2 fully saturated rings. The topological polar surface area (TPSA) is 63.1 Å². The second-order valence-corrected chi connectivity index (χ2v) is 7.73. The molecule has 0 spiro atoms. The molecule has 1 N–H and O–H groups in total. The number of likely N-dealkylation sites (tertiary alicyclic amines) is 1. The van der Waals surface area contributed by atoms with Crippen molar-refractivity contribution in [3.8, 4) is 0 Å². The molecular weight excluding hydrogens is 338 g/mol. The Morgan fingerprint density at radius 2 is 1.93 bits per heavy atom. The fourth-order valence-electron chi connectivity index (χ4n) is 4.46. The van der Waals surface area contributed by atoms with Gasteiger partial charge in [-0.05, 0) is 57.1 Å². The van der Waals surface area contributed by atoms with E-state index in [1.807, 2.05) is 34.0 Å². The molecule has 3 heterocycles. The Hall–Kier alpha value is -2.37. The molecule has 0 aromatic carbocycles. The van der Waals surface area contributed by atoms with Crippen molar-refractivity contribution < 1.29 is 4.79 Å². The largest absolute Gasteiger partial charge is 0.323 e. The van der Waals surface area contributed by atoms with Gasteiger partial charge in [0.2, 0.25) is 0 Å². The third-order valence-electron chi connectivity index (χ3n) is 5.92. The number of nitrogens with one attached hydrogen (secondary N) is 1. The van der Waals surface area contributed by atoms with Crippen molar-refractivity contribution in [2.75, 3.05) is 11.9 Å². The molecule has 4 rings (SSSR count). The predicted octanol–water partition coefficient (Wildman–Crippen LogP) is 4.41. The molecule has 0 bridgehead atoms. The number of amides is 2. The zero-order valence-electron chi connectivity index (χ0n) is 15.9. The Morgan fingerprint density at radius 1 is 1.07 bits per heavy atom. The summed E-state index contributed by atoms with van der Waals surface area (Å²) in [5.74, 6) is 0.834. The number of nitrogens with zero attached hydrogens (tertiary/aromatic N) is 4. The fourth-order valence-corrected chi connectivity index (χ4v) is 4.46. The summed E-state index contributed by atoms with van der Waals surface area (Å²) >= 11 is 0. The minimum absolute atomic E-state index is 0.0143. The lowest BCUT2D eigenvalue weighted by molar-refractivity contribution is 0.158. The highest BCUT2D eigenvalue weighted by Gasteiger charge is 2.28. The molecule has 1 atom stereocenters. The van der Waals surface area contributed by atoms with Crippen molar-refractivity contribution in [3.05, 3.63) is 42.4 Å². The van der Waals surface area contributed by atoms with E-state index in [-0.39, 0.29) is 12.1 Å². The summed E-state index contributed by atoms with van der Waals surface area (Å²) in [5.41, 5.74) is 1.10. The van der Waals surface area contributed by atoms with E-state index in [2.05, 4.69) is 21.5 Å². The molecule has 27 heavy (non-hydrogen) atoms. The Kier molecular flexibility index (Phi) is 5.70. The van der Waals surface area contributed by atoms with E-state index >= 15 is 0 Å². The molecule has 1 aliphatic heterocycles. The standard InChI is InChI=1S/C21H29N5O/c27-21(24-20-13-15-23-26(20)19-9-1-2-10-19)25-16-6-4-8-18(25)12-11-17-7-3-5-14-22-17/h3,5,7,13-15,18-19H,1-2,4,6,8-12,16H2,(H,24,27)/t18-/m1/s1. The van der Waals surface area contributed by atoms with Crippen LogP contribution in [0.4, 0.5) is 10.6 Å². The summed E-state index contributed by atoms with van der Waals surface area (Å²) in [7, 11) is 0. The zero-order chi connectivity index (χ0) is 18.5. The molecule has 1 saturated carbocycles. The molecule has 2 aliphatic rings. The Morgan fingerprint density at radius 3 is 2.74 bits per heavy atom. The number of piperidine rings is 1. The molecule has 0 radical (unpaired) electrons. The summed E-state index contributed by atoms with van der Waals surface area (Å²) in [5, 5.41) is 7.60. The number of aryl methyl sites for hydroxylation is 1. The third-order valence-corrected chi connectivity index (χ3v) is 5.92. The monoisotopic (exact) mass is 367 g/mol. The lowest BCUT2D eigenvalue weighted by atomic mass is 9.97. The van der Waals surface area contributed by atoms with Crippen LogP contribution < -0.4 is 5.32 Å². The zero-order valence-corrected chi connectivity index (χ0v) is 15.9. The van der Waals surface area contributed by atoms with Crippen molar-refractivity contribution in [1.82, 2.24) is 19.7 Å². The quantitative estimate of drug-likeness (QED) is 0.851. The molecule has 6 heteroatoms. The van der Waals surface area contributed by atoms with E-state index in [0.717, 1.165) is 56.6 Å². The van der Waals surface area contributed by atoms with E-state index in [4.69, 9.17) is 0 Å². The van der Waals surface area contributed by atoms with Crippen LogP contribution in [0, 0.1) is 0 Å². The summed E-state index contributed by atoms with van der Waals surface area (Å²) < 4.78 is 2.01. The van der Waals surface area contributed by atoms with Crippen LogP contribution in [-0.2, 0) is 6.42 Å². The van der Waals surface area contributed by atoms with Gasteiger partial charge >= 0.3 is 6.03 Å². The van der Waals surface area contributed by atoms with Gasteiger partial charge in [0.05, 0.1) is 12.2 Å². The second kappa shape index (κ2) is 8.55. The van der Waals surface area contributed by atoms with E-state index in [0.29, 0.717) is 6.04 Å². The van der Waals surface area contributed by atoms with Gasteiger partial charge in [-0.15, -0.1) is 0 Å². The first-order valence-electron chi connectivity index (χ1n) is 10.3. The fraction of sp³-hybridized carbons (Fsp3) is 0.571. The Bertz CT molecular complexity index is 738. The van der Waals surface area contributed by atoms with Crippen molar-refractivity contribution >= 4 is 11.8 Å². The van der Waals surface area contributed by atoms with Crippen LogP contribution in [0.5, 0.6) is 0 Å². The van der Waals surface area contributed by atoms with Crippen molar-refractivity contribution in [3.63, 3.8) is 0 Å². The maximum Gasteiger partial charge on any atom is 0.323 e. The number of aromatic nitrogens is 3. The molecule has 1 aliphatic carbocycles. The molecule has 144 valence electrons. The number of pyridine rings is 1. The maximum atomic E-state index is 13.0. The SMILES string of the molecule is O=C(Nc1ccnn1C1CCCC1)N1CCCC[C@@H]1CCc1ccccn1. The summed E-state index contributed by atoms with van der Waals surface area (Å²) in [6.07, 6.45) is 13.7. The van der Waals surface area contributed by atoms with Crippen molar-refractivity contribution in [2.24, 2.45) is 0 Å². The molecule has 2 aromatic heterocycles. The Balaban J connectivity index is 1.39. The van der Waals surface area contributed by atoms with Gasteiger partial charge in [0.15, 0.2) is 0 Å². The smallest absolute Gasteiger partial charge is 0.322 e. The van der Waals surface area contributed by atoms with Crippen LogP contribution in [0.1, 0.15) is 63.1 Å². The van der Waals surface area contributed by atoms with E-state index < -0.39 is 0 Å². The van der Waals surface area contributed by atoms with Gasteiger partial charge in [-0.2, -0.15) is 5.10 Å². The lowest BCUT2D eigenvalue weighted by Gasteiger charge is -2.36. The number of rotatable bonds is 5. The van der Waals surface area contributed by atoms with Crippen LogP contribution in [0.25, 0.3) is 0 Å². The molecule has 6 nitrogen and oxygen atoms in total. The minimum atomic E-state index is 0.0143. The number of anilines is 1. The van der Waals surface area contributed by atoms with E-state index in [1.54, 1.807) is 6.20 Å². The normalized spacial score (nSPS) is 20.7. The number of hydrogen-bond donors (Lipinski definition) is 1. The van der Waals surface area contributed by atoms with Crippen molar-refractivity contribution in [2.45, 2.75) is 69.9 Å². The van der Waals surface area contributed by atoms with Gasteiger partial charge in [-0.25, -0.2) is 9.48 Å². The van der Waals surface area contributed by atoms with Gasteiger partial charge in [0.1, 0.15) is 5.82 Å². The summed E-state index contributed by atoms with van der Waals surface area (Å²) in [4.78, 5) is 19.5. The molecule has 2 aromatic rings. The molecular formula is C21H29N5O. The average molecular weight is 367 g/mol. The van der Waals surface area contributed by atoms with Gasteiger partial charge in [-0.3, -0.25) is 10.3 Å². The molecule has 2 amide bonds. The number of carbonyl (C=O) groups excluding carboxylic acids is 1. The van der Waals surface area contributed by atoms with Crippen molar-refractivity contribution in [1.29, 1.82) is 0 Å². The maximum absolute atomic E-state index is 13.0. The third kappa shape index (κ3) is 4.31. The molecule has 0 unspecified atom stereocenters. The van der Waals surface area contributed by atoms with Gasteiger partial charge in [-0.1, -0.05) is 18.9 Å². The van der Waals surface area contributed by atoms with Gasteiger partial charge < -0.3 is 4.90 Å². The first kappa shape index (κ1) is 18.0. The highest BCUT2D eigenvalue weighted by atomic mass is 16.2. The van der Waals surface area contributed by atoms with Crippen LogP contribution >= 0.6 is 0 Å².